The predicted octanol–water partition coefficient (Wildman–Crippen LogP) is 4.18. The smallest absolute Gasteiger partial charge is 0.232 e. The molecule has 2 aliphatic rings. The van der Waals surface area contributed by atoms with Crippen LogP contribution in [0.2, 0.25) is 0 Å². The van der Waals surface area contributed by atoms with Crippen LogP contribution in [-0.2, 0) is 9.59 Å². The highest BCUT2D eigenvalue weighted by Crippen LogP contribution is 2.72. The number of ketones is 1. The first-order chi connectivity index (χ1) is 11.2. The number of ether oxygens (including phenoxy) is 1. The Kier molecular flexibility index (Phi) is 4.06. The molecule has 130 valence electrons. The molecule has 2 aliphatic carbocycles. The minimum atomic E-state index is -0.738. The maximum Gasteiger partial charge on any atom is 0.232 e. The number of carbonyl (C=O) groups is 2. The molecular formula is C19H24BrNO3. The van der Waals surface area contributed by atoms with E-state index in [0.29, 0.717) is 24.5 Å². The first-order valence-corrected chi connectivity index (χ1v) is 9.35. The van der Waals surface area contributed by atoms with Crippen molar-refractivity contribution in [1.82, 2.24) is 0 Å². The lowest BCUT2D eigenvalue weighted by Crippen LogP contribution is -2.48. The topological polar surface area (TPSA) is 55.4 Å². The molecule has 0 saturated heterocycles. The van der Waals surface area contributed by atoms with Crippen molar-refractivity contribution in [3.63, 3.8) is 0 Å². The summed E-state index contributed by atoms with van der Waals surface area (Å²) in [5.74, 6) is 0.696. The number of fused-ring (bicyclic) bond motifs is 2. The highest BCUT2D eigenvalue weighted by molar-refractivity contribution is 9.10. The average Bonchev–Trinajstić information content (AvgIpc) is 2.81. The largest absolute Gasteiger partial charge is 0.492 e. The standard InChI is InChI=1S/C19H24BrNO3/c1-5-24-13-9-7-6-8-12(13)21-16(23)19-11-10-18(4,17(19,2)3)15(22)14(19)20/h6-9,14H,5,10-11H2,1-4H3,(H,21,23). The van der Waals surface area contributed by atoms with Gasteiger partial charge in [-0.1, -0.05) is 48.8 Å². The molecule has 2 fully saturated rings. The zero-order valence-electron chi connectivity index (χ0n) is 14.6. The van der Waals surface area contributed by atoms with Crippen molar-refractivity contribution in [2.45, 2.75) is 45.4 Å². The number of nitrogens with one attached hydrogen (secondary N) is 1. The Morgan fingerprint density at radius 1 is 1.29 bits per heavy atom. The number of hydrogen-bond acceptors (Lipinski definition) is 3. The number of para-hydroxylation sites is 2. The second-order valence-corrected chi connectivity index (χ2v) is 8.45. The fourth-order valence-corrected chi connectivity index (χ4v) is 6.05. The van der Waals surface area contributed by atoms with Crippen LogP contribution in [0.15, 0.2) is 24.3 Å². The molecule has 0 aromatic heterocycles. The van der Waals surface area contributed by atoms with Crippen LogP contribution in [0.5, 0.6) is 5.75 Å². The van der Waals surface area contributed by atoms with Crippen LogP contribution < -0.4 is 10.1 Å². The van der Waals surface area contributed by atoms with Crippen molar-refractivity contribution in [3.05, 3.63) is 24.3 Å². The molecule has 0 heterocycles. The second kappa shape index (κ2) is 5.58. The van der Waals surface area contributed by atoms with Crippen molar-refractivity contribution in [2.24, 2.45) is 16.2 Å². The van der Waals surface area contributed by atoms with Gasteiger partial charge in [0.05, 0.1) is 22.5 Å². The van der Waals surface area contributed by atoms with E-state index in [-0.39, 0.29) is 11.7 Å². The predicted molar refractivity (Wildman–Crippen MR) is 97.5 cm³/mol. The van der Waals surface area contributed by atoms with Gasteiger partial charge in [0.1, 0.15) is 5.75 Å². The van der Waals surface area contributed by atoms with Gasteiger partial charge in [0.2, 0.25) is 5.91 Å². The normalized spacial score (nSPS) is 33.5. The van der Waals surface area contributed by atoms with Crippen molar-refractivity contribution in [2.75, 3.05) is 11.9 Å². The molecule has 1 N–H and O–H groups in total. The molecule has 1 aromatic rings. The van der Waals surface area contributed by atoms with Gasteiger partial charge < -0.3 is 10.1 Å². The monoisotopic (exact) mass is 393 g/mol. The number of amides is 1. The zero-order valence-corrected chi connectivity index (χ0v) is 16.2. The minimum Gasteiger partial charge on any atom is -0.492 e. The Hall–Kier alpha value is -1.36. The lowest BCUT2D eigenvalue weighted by Gasteiger charge is -2.39. The van der Waals surface area contributed by atoms with E-state index in [9.17, 15) is 9.59 Å². The Bertz CT molecular complexity index is 702. The summed E-state index contributed by atoms with van der Waals surface area (Å²) in [5.41, 5.74) is -0.950. The van der Waals surface area contributed by atoms with Gasteiger partial charge in [-0.05, 0) is 37.3 Å². The van der Waals surface area contributed by atoms with Gasteiger partial charge in [0, 0.05) is 5.41 Å². The minimum absolute atomic E-state index is 0.101. The third kappa shape index (κ3) is 1.97. The second-order valence-electron chi connectivity index (χ2n) is 7.54. The van der Waals surface area contributed by atoms with Gasteiger partial charge in [-0.3, -0.25) is 9.59 Å². The van der Waals surface area contributed by atoms with E-state index in [0.717, 1.165) is 6.42 Å². The third-order valence-corrected chi connectivity index (χ3v) is 7.76. The molecule has 24 heavy (non-hydrogen) atoms. The number of halogens is 1. The van der Waals surface area contributed by atoms with E-state index in [1.165, 1.54) is 0 Å². The summed E-state index contributed by atoms with van der Waals surface area (Å²) in [6, 6.07) is 7.42. The quantitative estimate of drug-likeness (QED) is 0.780. The van der Waals surface area contributed by atoms with Crippen LogP contribution in [0.4, 0.5) is 5.69 Å². The number of alkyl halides is 1. The van der Waals surface area contributed by atoms with E-state index in [2.05, 4.69) is 21.2 Å². The van der Waals surface area contributed by atoms with Crippen LogP contribution in [-0.4, -0.2) is 23.1 Å². The molecule has 0 spiro atoms. The molecule has 0 aliphatic heterocycles. The van der Waals surface area contributed by atoms with Gasteiger partial charge in [0.15, 0.2) is 5.78 Å². The van der Waals surface area contributed by atoms with E-state index in [1.807, 2.05) is 52.0 Å². The molecular weight excluding hydrogens is 370 g/mol. The summed E-state index contributed by atoms with van der Waals surface area (Å²) in [6.07, 6.45) is 1.46. The zero-order chi connectivity index (χ0) is 17.8. The van der Waals surface area contributed by atoms with E-state index >= 15 is 0 Å². The SMILES string of the molecule is CCOc1ccccc1NC(=O)C12CCC(C)(C(=O)C1Br)C2(C)C. The molecule has 2 bridgehead atoms. The molecule has 1 aromatic carbocycles. The molecule has 3 atom stereocenters. The van der Waals surface area contributed by atoms with Crippen molar-refractivity contribution in [1.29, 1.82) is 0 Å². The first-order valence-electron chi connectivity index (χ1n) is 8.44. The first kappa shape index (κ1) is 17.5. The maximum atomic E-state index is 13.3. The molecule has 1 amide bonds. The van der Waals surface area contributed by atoms with Gasteiger partial charge >= 0.3 is 0 Å². The van der Waals surface area contributed by atoms with Crippen molar-refractivity contribution >= 4 is 33.3 Å². The Labute approximate surface area is 151 Å². The lowest BCUT2D eigenvalue weighted by atomic mass is 9.64. The molecule has 3 unspecified atom stereocenters. The van der Waals surface area contributed by atoms with Gasteiger partial charge in [-0.25, -0.2) is 0 Å². The number of rotatable bonds is 4. The lowest BCUT2D eigenvalue weighted by molar-refractivity contribution is -0.130. The summed E-state index contributed by atoms with van der Waals surface area (Å²) in [4.78, 5) is 25.7. The van der Waals surface area contributed by atoms with E-state index in [4.69, 9.17) is 4.74 Å². The van der Waals surface area contributed by atoms with Crippen LogP contribution in [0, 0.1) is 16.2 Å². The van der Waals surface area contributed by atoms with Gasteiger partial charge in [-0.15, -0.1) is 0 Å². The van der Waals surface area contributed by atoms with Crippen molar-refractivity contribution in [3.8, 4) is 5.75 Å². The highest BCUT2D eigenvalue weighted by atomic mass is 79.9. The van der Waals surface area contributed by atoms with E-state index in [1.54, 1.807) is 0 Å². The van der Waals surface area contributed by atoms with Gasteiger partial charge in [0.25, 0.3) is 0 Å². The number of hydrogen-bond donors (Lipinski definition) is 1. The Balaban J connectivity index is 1.97. The summed E-state index contributed by atoms with van der Waals surface area (Å²) in [5, 5.41) is 3.03. The average molecular weight is 394 g/mol. The molecule has 2 saturated carbocycles. The summed E-state index contributed by atoms with van der Waals surface area (Å²) >= 11 is 3.55. The fourth-order valence-electron chi connectivity index (χ4n) is 4.54. The maximum absolute atomic E-state index is 13.3. The Morgan fingerprint density at radius 2 is 1.96 bits per heavy atom. The summed E-state index contributed by atoms with van der Waals surface area (Å²) < 4.78 is 5.60. The molecule has 0 radical (unpaired) electrons. The Morgan fingerprint density at radius 3 is 2.54 bits per heavy atom. The van der Waals surface area contributed by atoms with Gasteiger partial charge in [-0.2, -0.15) is 0 Å². The molecule has 3 rings (SSSR count). The van der Waals surface area contributed by atoms with Crippen LogP contribution in [0.3, 0.4) is 0 Å². The van der Waals surface area contributed by atoms with Crippen molar-refractivity contribution < 1.29 is 14.3 Å². The summed E-state index contributed by atoms with van der Waals surface area (Å²) in [7, 11) is 0. The third-order valence-electron chi connectivity index (χ3n) is 6.56. The van der Waals surface area contributed by atoms with Crippen LogP contribution in [0.1, 0.15) is 40.5 Å². The number of carbonyl (C=O) groups excluding carboxylic acids is 2. The van der Waals surface area contributed by atoms with Crippen LogP contribution in [0.25, 0.3) is 0 Å². The number of benzene rings is 1. The highest BCUT2D eigenvalue weighted by Gasteiger charge is 2.76. The molecule has 4 nitrogen and oxygen atoms in total. The van der Waals surface area contributed by atoms with E-state index < -0.39 is 21.1 Å². The fraction of sp³-hybridized carbons (Fsp3) is 0.579. The number of anilines is 1. The van der Waals surface area contributed by atoms with Crippen LogP contribution >= 0.6 is 15.9 Å². The summed E-state index contributed by atoms with van der Waals surface area (Å²) in [6.45, 7) is 8.54. The number of Topliss-reactive ketones (excluding diaryl/α,β-unsaturated/α-hetero) is 1. The molecule has 5 heteroatoms.